The molecule has 3 aromatic heterocycles. The van der Waals surface area contributed by atoms with Gasteiger partial charge in [-0.2, -0.15) is 5.26 Å². The molecule has 4 nitrogen and oxygen atoms in total. The molecule has 0 radical (unpaired) electrons. The molecule has 0 unspecified atom stereocenters. The van der Waals surface area contributed by atoms with E-state index in [0.29, 0.717) is 5.56 Å². The lowest BCUT2D eigenvalue weighted by Gasteiger charge is -2.12. The Balaban J connectivity index is 1.51. The van der Waals surface area contributed by atoms with Crippen LogP contribution in [0.1, 0.15) is 5.56 Å². The first kappa shape index (κ1) is 23.1. The van der Waals surface area contributed by atoms with Crippen LogP contribution in [0.4, 0.5) is 0 Å². The zero-order valence-electron chi connectivity index (χ0n) is 22.0. The molecule has 0 spiro atoms. The van der Waals surface area contributed by atoms with Crippen molar-refractivity contribution in [2.75, 3.05) is 0 Å². The van der Waals surface area contributed by atoms with Crippen LogP contribution in [0.25, 0.3) is 71.6 Å². The highest BCUT2D eigenvalue weighted by Gasteiger charge is 2.20. The molecule has 0 aliphatic carbocycles. The maximum absolute atomic E-state index is 9.39. The summed E-state index contributed by atoms with van der Waals surface area (Å²) in [7, 11) is 0. The second kappa shape index (κ2) is 9.15. The van der Waals surface area contributed by atoms with E-state index in [1.54, 1.807) is 12.4 Å². The molecule has 8 aromatic rings. The van der Waals surface area contributed by atoms with Crippen molar-refractivity contribution in [1.29, 1.82) is 5.26 Å². The summed E-state index contributed by atoms with van der Waals surface area (Å²) in [5.41, 5.74) is 7.48. The summed E-state index contributed by atoms with van der Waals surface area (Å²) in [6, 6.07) is 44.6. The van der Waals surface area contributed by atoms with E-state index < -0.39 is 0 Å². The van der Waals surface area contributed by atoms with Crippen molar-refractivity contribution in [2.24, 2.45) is 0 Å². The Bertz CT molecular complexity index is 2320. The van der Waals surface area contributed by atoms with Crippen LogP contribution in [0.3, 0.4) is 0 Å². The van der Waals surface area contributed by atoms with Crippen molar-refractivity contribution in [2.45, 2.75) is 0 Å². The normalized spacial score (nSPS) is 11.4. The molecule has 0 amide bonds. The van der Waals surface area contributed by atoms with E-state index in [1.807, 2.05) is 18.2 Å². The number of nitrogens with zero attached hydrogens (tertiary/aromatic N) is 4. The minimum atomic E-state index is 0.515. The van der Waals surface area contributed by atoms with Crippen LogP contribution in [0.15, 0.2) is 134 Å². The minimum Gasteiger partial charge on any atom is -0.309 e. The fourth-order valence-corrected chi connectivity index (χ4v) is 6.09. The summed E-state index contributed by atoms with van der Waals surface area (Å²) in [5.74, 6) is 0. The monoisotopic (exact) mass is 522 g/mol. The number of para-hydroxylation sites is 1. The minimum absolute atomic E-state index is 0.515. The van der Waals surface area contributed by atoms with Crippen LogP contribution < -0.4 is 0 Å². The topological polar surface area (TPSA) is 54.5 Å². The molecule has 0 saturated carbocycles. The van der Waals surface area contributed by atoms with Gasteiger partial charge < -0.3 is 4.57 Å². The molecule has 3 heterocycles. The maximum Gasteiger partial charge on any atom is 0.101 e. The largest absolute Gasteiger partial charge is 0.309 e. The average Bonchev–Trinajstić information content (AvgIpc) is 3.40. The van der Waals surface area contributed by atoms with Crippen LogP contribution in [0, 0.1) is 11.3 Å². The average molecular weight is 523 g/mol. The van der Waals surface area contributed by atoms with Gasteiger partial charge in [0, 0.05) is 40.0 Å². The number of fused-ring (bicyclic) bond motifs is 7. The highest BCUT2D eigenvalue weighted by atomic mass is 15.0. The Labute approximate surface area is 236 Å². The van der Waals surface area contributed by atoms with Gasteiger partial charge in [-0.15, -0.1) is 0 Å². The molecule has 0 saturated heterocycles. The number of nitriles is 1. The van der Waals surface area contributed by atoms with E-state index in [1.165, 1.54) is 32.4 Å². The number of hydrogen-bond donors (Lipinski definition) is 0. The predicted octanol–water partition coefficient (Wildman–Crippen LogP) is 9.09. The van der Waals surface area contributed by atoms with Crippen molar-refractivity contribution in [3.8, 4) is 34.3 Å². The summed E-state index contributed by atoms with van der Waals surface area (Å²) in [4.78, 5) is 9.35. The molecule has 0 N–H and O–H groups in total. The summed E-state index contributed by atoms with van der Waals surface area (Å²) in [5, 5.41) is 16.7. The zero-order chi connectivity index (χ0) is 27.3. The van der Waals surface area contributed by atoms with E-state index in [-0.39, 0.29) is 0 Å². The Kier molecular flexibility index (Phi) is 5.16. The van der Waals surface area contributed by atoms with Crippen molar-refractivity contribution in [3.63, 3.8) is 0 Å². The third-order valence-corrected chi connectivity index (χ3v) is 7.87. The number of hydrogen-bond acceptors (Lipinski definition) is 3. The van der Waals surface area contributed by atoms with Gasteiger partial charge in [0.15, 0.2) is 0 Å². The summed E-state index contributed by atoms with van der Waals surface area (Å²) < 4.78 is 2.37. The lowest BCUT2D eigenvalue weighted by molar-refractivity contribution is 1.18. The number of benzene rings is 5. The van der Waals surface area contributed by atoms with Gasteiger partial charge in [-0.3, -0.25) is 4.98 Å². The molecule has 41 heavy (non-hydrogen) atoms. The second-order valence-corrected chi connectivity index (χ2v) is 10.2. The van der Waals surface area contributed by atoms with Gasteiger partial charge in [0.25, 0.3) is 0 Å². The molecule has 0 bridgehead atoms. The van der Waals surface area contributed by atoms with Gasteiger partial charge in [-0.25, -0.2) is 4.98 Å². The molecule has 0 aliphatic heterocycles. The Hall–Kier alpha value is -5.79. The van der Waals surface area contributed by atoms with Crippen molar-refractivity contribution >= 4 is 43.4 Å². The number of pyridine rings is 2. The predicted molar refractivity (Wildman–Crippen MR) is 167 cm³/mol. The van der Waals surface area contributed by atoms with Crippen LogP contribution in [0.5, 0.6) is 0 Å². The lowest BCUT2D eigenvalue weighted by atomic mass is 9.95. The van der Waals surface area contributed by atoms with Gasteiger partial charge in [0.1, 0.15) is 6.07 Å². The summed E-state index contributed by atoms with van der Waals surface area (Å²) >= 11 is 0. The van der Waals surface area contributed by atoms with Gasteiger partial charge >= 0.3 is 0 Å². The number of rotatable bonds is 3. The quantitative estimate of drug-likeness (QED) is 0.232. The smallest absolute Gasteiger partial charge is 0.101 e. The Morgan fingerprint density at radius 1 is 0.585 bits per heavy atom. The van der Waals surface area contributed by atoms with E-state index in [4.69, 9.17) is 4.98 Å². The fraction of sp³-hybridized carbons (Fsp3) is 0. The fourth-order valence-electron chi connectivity index (χ4n) is 6.09. The first-order valence-electron chi connectivity index (χ1n) is 13.6. The van der Waals surface area contributed by atoms with Gasteiger partial charge in [0.05, 0.1) is 28.0 Å². The molecule has 190 valence electrons. The van der Waals surface area contributed by atoms with E-state index in [0.717, 1.165) is 39.1 Å². The highest BCUT2D eigenvalue weighted by Crippen LogP contribution is 2.43. The Morgan fingerprint density at radius 2 is 1.32 bits per heavy atom. The van der Waals surface area contributed by atoms with Gasteiger partial charge in [0.2, 0.25) is 0 Å². The third-order valence-electron chi connectivity index (χ3n) is 7.87. The zero-order valence-corrected chi connectivity index (χ0v) is 22.0. The van der Waals surface area contributed by atoms with Gasteiger partial charge in [-0.1, -0.05) is 78.9 Å². The van der Waals surface area contributed by atoms with Gasteiger partial charge in [-0.05, 0) is 64.0 Å². The van der Waals surface area contributed by atoms with E-state index in [2.05, 4.69) is 119 Å². The first-order valence-corrected chi connectivity index (χ1v) is 13.6. The third kappa shape index (κ3) is 3.61. The molecule has 8 rings (SSSR count). The molecule has 0 aliphatic rings. The van der Waals surface area contributed by atoms with Crippen LogP contribution in [-0.4, -0.2) is 14.5 Å². The SMILES string of the molecule is N#Cc1cncc(-c2cccc(-c3cc4c(c5ccccc35)c3c5ccccc5ccc3n4-c3ccccc3)n2)c1. The van der Waals surface area contributed by atoms with E-state index in [9.17, 15) is 5.26 Å². The van der Waals surface area contributed by atoms with Crippen molar-refractivity contribution in [1.82, 2.24) is 14.5 Å². The molecule has 0 atom stereocenters. The van der Waals surface area contributed by atoms with Crippen molar-refractivity contribution < 1.29 is 0 Å². The molecule has 0 fully saturated rings. The molecule has 5 aromatic carbocycles. The van der Waals surface area contributed by atoms with Crippen LogP contribution in [-0.2, 0) is 0 Å². The first-order chi connectivity index (χ1) is 20.3. The van der Waals surface area contributed by atoms with Crippen molar-refractivity contribution in [3.05, 3.63) is 139 Å². The molecule has 4 heteroatoms. The number of aromatic nitrogens is 3. The standard InChI is InChI=1S/C37H22N4/c38-21-24-19-26(23-39-22-24)32-15-8-16-33(40-32)31-20-35-37(30-14-7-6-13-29(30)31)36-28-12-5-4-9-25(28)17-18-34(36)41(35)27-10-2-1-3-11-27/h1-20,22-23H. The maximum atomic E-state index is 9.39. The summed E-state index contributed by atoms with van der Waals surface area (Å²) in [6.07, 6.45) is 3.33. The summed E-state index contributed by atoms with van der Waals surface area (Å²) in [6.45, 7) is 0. The highest BCUT2D eigenvalue weighted by molar-refractivity contribution is 6.30. The van der Waals surface area contributed by atoms with Crippen LogP contribution >= 0.6 is 0 Å². The second-order valence-electron chi connectivity index (χ2n) is 10.2. The molecular formula is C37H22N4. The molecular weight excluding hydrogens is 500 g/mol. The van der Waals surface area contributed by atoms with Crippen LogP contribution in [0.2, 0.25) is 0 Å². The Morgan fingerprint density at radius 3 is 2.17 bits per heavy atom. The van der Waals surface area contributed by atoms with E-state index >= 15 is 0 Å². The lowest BCUT2D eigenvalue weighted by Crippen LogP contribution is -1.95.